The minimum absolute atomic E-state index is 0.0429. The number of unbranched alkanes of at least 4 members (excludes halogenated alkanes) is 2. The molecular formula is C61H51NO17S. The van der Waals surface area contributed by atoms with Gasteiger partial charge in [-0.1, -0.05) is 18.2 Å². The van der Waals surface area contributed by atoms with Gasteiger partial charge in [-0.15, -0.1) is 11.3 Å². The molecule has 0 amide bonds. The van der Waals surface area contributed by atoms with E-state index < -0.39 is 41.1 Å². The lowest BCUT2D eigenvalue weighted by atomic mass is 10.1. The number of thiophene rings is 1. The van der Waals surface area contributed by atoms with Gasteiger partial charge in [0.2, 0.25) is 0 Å². The molecule has 3 heterocycles. The Balaban J connectivity index is 0.663. The van der Waals surface area contributed by atoms with Crippen LogP contribution in [0.2, 0.25) is 0 Å². The number of rotatable bonds is 25. The number of ether oxygens (including phenoxy) is 6. The normalized spacial score (nSPS) is 11.0. The molecule has 8 rings (SSSR count). The van der Waals surface area contributed by atoms with Gasteiger partial charge in [0, 0.05) is 83.9 Å². The third-order valence-corrected chi connectivity index (χ3v) is 13.2. The molecule has 8 aromatic rings. The first-order chi connectivity index (χ1) is 38.7. The number of anilines is 1. The molecule has 0 aliphatic rings. The maximum Gasteiger partial charge on any atom is 0.343 e. The number of hydrogen-bond acceptors (Lipinski definition) is 19. The number of aldehydes is 1. The molecular weight excluding hydrogens is 1050 g/mol. The number of nitrogens with zero attached hydrogens (tertiary/aromatic N) is 1. The van der Waals surface area contributed by atoms with Gasteiger partial charge in [0.15, 0.2) is 6.29 Å². The standard InChI is InChI=1S/C61H51NO17S/c1-62(32-33-72-54(64)6-2-4-8-56(66)74-46-23-15-42(16-24-46)60(70)76-48-27-13-40-19-30-58(68)78-51(40)35-48)45-21-10-39(11-22-45)12-29-50-34-44(53(37-63)80-50)38-73-55(65)7-3-5-9-57(67)75-47-25-17-43(18-26-47)61(71)77-49-28-14-41-20-31-59(69)79-52(41)36-49/h10-31,34-37H,2-9,32-33,38H2,1H3/b29-12+. The molecule has 0 saturated carbocycles. The van der Waals surface area contributed by atoms with E-state index in [0.29, 0.717) is 53.4 Å². The number of fused-ring (bicyclic) bond motifs is 2. The molecule has 19 heteroatoms. The first-order valence-corrected chi connectivity index (χ1v) is 26.1. The van der Waals surface area contributed by atoms with Crippen LogP contribution in [0.1, 0.15) is 97.8 Å². The molecule has 0 saturated heterocycles. The van der Waals surface area contributed by atoms with Crippen molar-refractivity contribution >= 4 is 93.2 Å². The molecule has 0 aliphatic carbocycles. The SMILES string of the molecule is CN(CCOC(=O)CCCCC(=O)Oc1ccc(C(=O)Oc2ccc3ccc(=O)oc3c2)cc1)c1ccc(/C=C/c2cc(COC(=O)CCCCC(=O)Oc3ccc(C(=O)Oc4ccc5ccc(=O)oc5c4)cc3)c(C=O)s2)cc1. The van der Waals surface area contributed by atoms with Crippen LogP contribution in [0.15, 0.2) is 158 Å². The van der Waals surface area contributed by atoms with E-state index in [4.69, 9.17) is 37.3 Å². The number of hydrogen-bond donors (Lipinski definition) is 0. The molecule has 0 aliphatic heterocycles. The monoisotopic (exact) mass is 1100 g/mol. The topological polar surface area (TPSA) is 239 Å². The molecule has 3 aromatic heterocycles. The van der Waals surface area contributed by atoms with Crippen LogP contribution < -0.4 is 35.1 Å². The molecule has 5 aromatic carbocycles. The Hall–Kier alpha value is -9.75. The number of esters is 6. The van der Waals surface area contributed by atoms with Crippen LogP contribution in [0.4, 0.5) is 5.69 Å². The summed E-state index contributed by atoms with van der Waals surface area (Å²) < 4.78 is 42.7. The zero-order valence-electron chi connectivity index (χ0n) is 43.1. The highest BCUT2D eigenvalue weighted by Gasteiger charge is 2.16. The van der Waals surface area contributed by atoms with Gasteiger partial charge in [0.25, 0.3) is 0 Å². The third-order valence-electron chi connectivity index (χ3n) is 12.1. The summed E-state index contributed by atoms with van der Waals surface area (Å²) in [6.45, 7) is 0.522. The Morgan fingerprint density at radius 1 is 0.512 bits per heavy atom. The van der Waals surface area contributed by atoms with Crippen molar-refractivity contribution in [3.8, 4) is 23.0 Å². The fraction of sp³-hybridized carbons (Fsp3) is 0.197. The summed E-state index contributed by atoms with van der Waals surface area (Å²) >= 11 is 1.27. The molecule has 18 nitrogen and oxygen atoms in total. The molecule has 408 valence electrons. The minimum atomic E-state index is -0.659. The predicted molar refractivity (Wildman–Crippen MR) is 295 cm³/mol. The first-order valence-electron chi connectivity index (χ1n) is 25.3. The smallest absolute Gasteiger partial charge is 0.343 e. The van der Waals surface area contributed by atoms with Crippen molar-refractivity contribution in [1.29, 1.82) is 0 Å². The second kappa shape index (κ2) is 27.5. The van der Waals surface area contributed by atoms with E-state index in [1.54, 1.807) is 42.5 Å². The Labute approximate surface area is 460 Å². The second-order valence-corrected chi connectivity index (χ2v) is 19.1. The summed E-state index contributed by atoms with van der Waals surface area (Å²) in [6.07, 6.45) is 6.36. The fourth-order valence-electron chi connectivity index (χ4n) is 7.81. The highest BCUT2D eigenvalue weighted by atomic mass is 32.1. The number of carbonyl (C=O) groups excluding carboxylic acids is 7. The van der Waals surface area contributed by atoms with E-state index in [1.807, 2.05) is 48.4 Å². The molecule has 0 atom stereocenters. The molecule has 0 N–H and O–H groups in total. The highest BCUT2D eigenvalue weighted by Crippen LogP contribution is 2.27. The van der Waals surface area contributed by atoms with Crippen molar-refractivity contribution in [3.63, 3.8) is 0 Å². The van der Waals surface area contributed by atoms with Crippen LogP contribution in [0.5, 0.6) is 23.0 Å². The predicted octanol–water partition coefficient (Wildman–Crippen LogP) is 10.7. The minimum Gasteiger partial charge on any atom is -0.464 e. The Bertz CT molecular complexity index is 3690. The summed E-state index contributed by atoms with van der Waals surface area (Å²) in [5, 5.41) is 1.35. The van der Waals surface area contributed by atoms with Crippen molar-refractivity contribution in [2.45, 2.75) is 58.0 Å². The quantitative estimate of drug-likeness (QED) is 0.0170. The van der Waals surface area contributed by atoms with Crippen LogP contribution in [-0.4, -0.2) is 62.3 Å². The maximum atomic E-state index is 12.7. The van der Waals surface area contributed by atoms with Gasteiger partial charge >= 0.3 is 47.1 Å². The Kier molecular flexibility index (Phi) is 19.4. The molecule has 0 fully saturated rings. The number of carbonyl (C=O) groups is 7. The van der Waals surface area contributed by atoms with E-state index >= 15 is 0 Å². The second-order valence-electron chi connectivity index (χ2n) is 18.0. The maximum absolute atomic E-state index is 12.7. The fourth-order valence-corrected chi connectivity index (χ4v) is 8.70. The van der Waals surface area contributed by atoms with E-state index in [2.05, 4.69) is 0 Å². The van der Waals surface area contributed by atoms with Crippen molar-refractivity contribution in [2.24, 2.45) is 0 Å². The molecule has 0 unspecified atom stereocenters. The van der Waals surface area contributed by atoms with Crippen LogP contribution in [-0.2, 0) is 35.3 Å². The van der Waals surface area contributed by atoms with Crippen molar-refractivity contribution in [1.82, 2.24) is 0 Å². The van der Waals surface area contributed by atoms with Crippen molar-refractivity contribution in [2.75, 3.05) is 25.1 Å². The van der Waals surface area contributed by atoms with Crippen LogP contribution >= 0.6 is 11.3 Å². The van der Waals surface area contributed by atoms with Gasteiger partial charge in [-0.05, 0) is 140 Å². The van der Waals surface area contributed by atoms with Gasteiger partial charge in [-0.3, -0.25) is 24.0 Å². The average molecular weight is 1100 g/mol. The molecule has 80 heavy (non-hydrogen) atoms. The first kappa shape index (κ1) is 56.5. The highest BCUT2D eigenvalue weighted by molar-refractivity contribution is 7.14. The van der Waals surface area contributed by atoms with E-state index in [1.165, 1.54) is 84.1 Å². The number of benzene rings is 5. The Morgan fingerprint density at radius 2 is 0.975 bits per heavy atom. The largest absolute Gasteiger partial charge is 0.464 e. The lowest BCUT2D eigenvalue weighted by Gasteiger charge is -2.19. The van der Waals surface area contributed by atoms with Gasteiger partial charge < -0.3 is 42.2 Å². The van der Waals surface area contributed by atoms with Crippen molar-refractivity contribution in [3.05, 3.63) is 192 Å². The third kappa shape index (κ3) is 16.6. The van der Waals surface area contributed by atoms with Crippen molar-refractivity contribution < 1.29 is 70.8 Å². The van der Waals surface area contributed by atoms with E-state index in [0.717, 1.165) is 22.4 Å². The zero-order chi connectivity index (χ0) is 56.4. The van der Waals surface area contributed by atoms with Crippen LogP contribution in [0.25, 0.3) is 34.1 Å². The molecule has 0 radical (unpaired) electrons. The summed E-state index contributed by atoms with van der Waals surface area (Å²) in [5.74, 6) is -2.31. The molecule has 0 spiro atoms. The lowest BCUT2D eigenvalue weighted by Crippen LogP contribution is -2.23. The summed E-state index contributed by atoms with van der Waals surface area (Å²) in [7, 11) is 1.88. The van der Waals surface area contributed by atoms with Gasteiger partial charge in [0.05, 0.1) is 22.5 Å². The number of likely N-dealkylation sites (N-methyl/N-ethyl adjacent to an activating group) is 1. The van der Waals surface area contributed by atoms with Gasteiger partial charge in [-0.2, -0.15) is 0 Å². The zero-order valence-corrected chi connectivity index (χ0v) is 43.9. The van der Waals surface area contributed by atoms with E-state index in [-0.39, 0.29) is 90.2 Å². The summed E-state index contributed by atoms with van der Waals surface area (Å²) in [6, 6.07) is 36.4. The average Bonchev–Trinajstić information content (AvgIpc) is 3.87. The summed E-state index contributed by atoms with van der Waals surface area (Å²) in [5.41, 5.74) is 2.31. The van der Waals surface area contributed by atoms with E-state index in [9.17, 15) is 43.2 Å². The van der Waals surface area contributed by atoms with Crippen LogP contribution in [0.3, 0.4) is 0 Å². The lowest BCUT2D eigenvalue weighted by molar-refractivity contribution is -0.145. The Morgan fingerprint density at radius 3 is 1.48 bits per heavy atom. The van der Waals surface area contributed by atoms with Gasteiger partial charge in [0.1, 0.15) is 47.4 Å². The van der Waals surface area contributed by atoms with Crippen LogP contribution in [0, 0.1) is 0 Å². The molecule has 0 bridgehead atoms. The van der Waals surface area contributed by atoms with Gasteiger partial charge in [-0.25, -0.2) is 19.2 Å². The summed E-state index contributed by atoms with van der Waals surface area (Å²) in [4.78, 5) is 113.